The zero-order valence-corrected chi connectivity index (χ0v) is 16.3. The number of carbonyl (C=O) groups excluding carboxylic acids is 2. The Bertz CT molecular complexity index is 895. The second kappa shape index (κ2) is 7.88. The minimum Gasteiger partial charge on any atom is -0.507 e. The summed E-state index contributed by atoms with van der Waals surface area (Å²) in [5.74, 6) is 0.632. The average Bonchev–Trinajstić information content (AvgIpc) is 2.88. The van der Waals surface area contributed by atoms with Gasteiger partial charge in [-0.2, -0.15) is 0 Å². The molecule has 0 aromatic heterocycles. The lowest BCUT2D eigenvalue weighted by atomic mass is 10.1. The molecule has 2 aromatic carbocycles. The maximum absolute atomic E-state index is 12.6. The first-order valence-corrected chi connectivity index (χ1v) is 9.42. The molecule has 2 amide bonds. The van der Waals surface area contributed by atoms with Gasteiger partial charge in [-0.25, -0.2) is 0 Å². The molecule has 1 aliphatic heterocycles. The van der Waals surface area contributed by atoms with Gasteiger partial charge in [0.1, 0.15) is 18.1 Å². The number of thioether (sulfide) groups is 1. The van der Waals surface area contributed by atoms with Crippen molar-refractivity contribution in [3.63, 3.8) is 0 Å². The summed E-state index contributed by atoms with van der Waals surface area (Å²) in [4.78, 5) is 26.3. The molecule has 1 heterocycles. The van der Waals surface area contributed by atoms with Crippen molar-refractivity contribution in [2.24, 2.45) is 0 Å². The normalized spacial score (nSPS) is 15.7. The monoisotopic (exact) mass is 383 g/mol. The maximum Gasteiger partial charge on any atom is 0.293 e. The van der Waals surface area contributed by atoms with Gasteiger partial charge in [-0.3, -0.25) is 14.5 Å². The van der Waals surface area contributed by atoms with Crippen LogP contribution in [0, 0.1) is 20.8 Å². The van der Waals surface area contributed by atoms with Crippen LogP contribution in [0.4, 0.5) is 4.79 Å². The van der Waals surface area contributed by atoms with E-state index in [-0.39, 0.29) is 30.0 Å². The number of phenols is 1. The number of hydrogen-bond donors (Lipinski definition) is 1. The Hall–Kier alpha value is -2.73. The van der Waals surface area contributed by atoms with Gasteiger partial charge in [0, 0.05) is 0 Å². The molecule has 0 saturated carbocycles. The van der Waals surface area contributed by atoms with E-state index in [0.29, 0.717) is 10.7 Å². The van der Waals surface area contributed by atoms with Gasteiger partial charge < -0.3 is 9.84 Å². The second-order valence-electron chi connectivity index (χ2n) is 6.50. The minimum absolute atomic E-state index is 0.198. The number of phenolic OH excluding ortho intramolecular Hbond substituents is 1. The van der Waals surface area contributed by atoms with E-state index in [0.717, 1.165) is 34.0 Å². The fourth-order valence-electron chi connectivity index (χ4n) is 2.81. The molecule has 1 fully saturated rings. The first kappa shape index (κ1) is 19.0. The summed E-state index contributed by atoms with van der Waals surface area (Å²) in [7, 11) is 0. The van der Waals surface area contributed by atoms with Crippen LogP contribution in [0.3, 0.4) is 0 Å². The number of nitrogens with zero attached hydrogens (tertiary/aromatic N) is 1. The molecule has 5 nitrogen and oxygen atoms in total. The number of ether oxygens (including phenoxy) is 1. The minimum atomic E-state index is -0.319. The van der Waals surface area contributed by atoms with Crippen molar-refractivity contribution in [3.05, 3.63) is 63.6 Å². The molecule has 0 unspecified atom stereocenters. The molecule has 2 aromatic rings. The van der Waals surface area contributed by atoms with E-state index in [2.05, 4.69) is 0 Å². The van der Waals surface area contributed by atoms with Gasteiger partial charge in [-0.05, 0) is 79.6 Å². The lowest BCUT2D eigenvalue weighted by molar-refractivity contribution is -0.123. The molecule has 0 aliphatic carbocycles. The Balaban J connectivity index is 1.66. The van der Waals surface area contributed by atoms with Crippen LogP contribution in [0.15, 0.2) is 41.3 Å². The molecule has 0 atom stereocenters. The molecule has 0 radical (unpaired) electrons. The average molecular weight is 383 g/mol. The van der Waals surface area contributed by atoms with Gasteiger partial charge in [0.15, 0.2) is 0 Å². The van der Waals surface area contributed by atoms with Gasteiger partial charge in [-0.1, -0.05) is 17.7 Å². The number of aryl methyl sites for hydroxylation is 3. The highest BCUT2D eigenvalue weighted by Gasteiger charge is 2.34. The third kappa shape index (κ3) is 4.34. The fraction of sp³-hybridized carbons (Fsp3) is 0.238. The van der Waals surface area contributed by atoms with E-state index in [1.54, 1.807) is 32.1 Å². The van der Waals surface area contributed by atoms with Crippen LogP contribution < -0.4 is 4.74 Å². The van der Waals surface area contributed by atoms with Gasteiger partial charge >= 0.3 is 0 Å². The summed E-state index contributed by atoms with van der Waals surface area (Å²) in [6.45, 7) is 6.03. The summed E-state index contributed by atoms with van der Waals surface area (Å²) >= 11 is 0.921. The molecule has 3 rings (SSSR count). The van der Waals surface area contributed by atoms with Gasteiger partial charge in [0.2, 0.25) is 0 Å². The quantitative estimate of drug-likeness (QED) is 0.774. The number of benzene rings is 2. The maximum atomic E-state index is 12.6. The van der Waals surface area contributed by atoms with Gasteiger partial charge in [-0.15, -0.1) is 0 Å². The summed E-state index contributed by atoms with van der Waals surface area (Å²) in [5, 5.41) is 9.56. The third-order valence-corrected chi connectivity index (χ3v) is 5.20. The molecule has 0 bridgehead atoms. The topological polar surface area (TPSA) is 66.8 Å². The molecule has 27 heavy (non-hydrogen) atoms. The predicted molar refractivity (Wildman–Crippen MR) is 107 cm³/mol. The van der Waals surface area contributed by atoms with Gasteiger partial charge in [0.25, 0.3) is 11.1 Å². The highest BCUT2D eigenvalue weighted by atomic mass is 32.2. The number of rotatable bonds is 5. The number of amides is 2. The van der Waals surface area contributed by atoms with E-state index < -0.39 is 0 Å². The Morgan fingerprint density at radius 2 is 1.70 bits per heavy atom. The number of hydrogen-bond acceptors (Lipinski definition) is 5. The summed E-state index contributed by atoms with van der Waals surface area (Å²) < 4.78 is 5.62. The molecular formula is C21H21NO4S. The van der Waals surface area contributed by atoms with Crippen molar-refractivity contribution >= 4 is 29.0 Å². The van der Waals surface area contributed by atoms with E-state index in [1.807, 2.05) is 31.2 Å². The lowest BCUT2D eigenvalue weighted by Gasteiger charge is -2.13. The second-order valence-corrected chi connectivity index (χ2v) is 7.49. The van der Waals surface area contributed by atoms with E-state index in [4.69, 9.17) is 4.74 Å². The van der Waals surface area contributed by atoms with Crippen LogP contribution in [0.2, 0.25) is 0 Å². The van der Waals surface area contributed by atoms with Crippen molar-refractivity contribution in [1.29, 1.82) is 0 Å². The Morgan fingerprint density at radius 1 is 1.07 bits per heavy atom. The largest absolute Gasteiger partial charge is 0.507 e. The molecule has 6 heteroatoms. The highest BCUT2D eigenvalue weighted by Crippen LogP contribution is 2.33. The standard InChI is InChI=1S/C21H21NO4S/c1-13-4-6-17(7-5-13)26-9-8-22-20(24)18(27-21(22)25)12-16-10-14(2)19(23)15(3)11-16/h4-7,10-12,23H,8-9H2,1-3H3. The van der Waals surface area contributed by atoms with E-state index in [1.165, 1.54) is 4.90 Å². The van der Waals surface area contributed by atoms with Crippen molar-refractivity contribution in [2.45, 2.75) is 20.8 Å². The molecule has 0 spiro atoms. The van der Waals surface area contributed by atoms with Crippen LogP contribution in [-0.2, 0) is 4.79 Å². The Labute approximate surface area is 162 Å². The van der Waals surface area contributed by atoms with E-state index >= 15 is 0 Å². The van der Waals surface area contributed by atoms with Crippen LogP contribution in [0.1, 0.15) is 22.3 Å². The number of imide groups is 1. The molecule has 1 aliphatic rings. The first-order chi connectivity index (χ1) is 12.8. The van der Waals surface area contributed by atoms with Crippen molar-refractivity contribution in [1.82, 2.24) is 4.90 Å². The van der Waals surface area contributed by atoms with Crippen molar-refractivity contribution in [3.8, 4) is 11.5 Å². The molecule has 1 N–H and O–H groups in total. The highest BCUT2D eigenvalue weighted by molar-refractivity contribution is 8.18. The van der Waals surface area contributed by atoms with Crippen LogP contribution >= 0.6 is 11.8 Å². The predicted octanol–water partition coefficient (Wildman–Crippen LogP) is 4.43. The van der Waals surface area contributed by atoms with Crippen molar-refractivity contribution < 1.29 is 19.4 Å². The van der Waals surface area contributed by atoms with Crippen LogP contribution in [-0.4, -0.2) is 34.3 Å². The molecular weight excluding hydrogens is 362 g/mol. The van der Waals surface area contributed by atoms with E-state index in [9.17, 15) is 14.7 Å². The molecule has 1 saturated heterocycles. The van der Waals surface area contributed by atoms with Gasteiger partial charge in [0.05, 0.1) is 11.4 Å². The smallest absolute Gasteiger partial charge is 0.293 e. The fourth-order valence-corrected chi connectivity index (χ4v) is 3.67. The Kier molecular flexibility index (Phi) is 5.56. The Morgan fingerprint density at radius 3 is 2.33 bits per heavy atom. The van der Waals surface area contributed by atoms with Crippen molar-refractivity contribution in [2.75, 3.05) is 13.2 Å². The number of aromatic hydroxyl groups is 1. The zero-order chi connectivity index (χ0) is 19.6. The first-order valence-electron chi connectivity index (χ1n) is 8.60. The summed E-state index contributed by atoms with van der Waals surface area (Å²) in [6.07, 6.45) is 1.69. The third-order valence-electron chi connectivity index (χ3n) is 4.29. The van der Waals surface area contributed by atoms with Crippen LogP contribution in [0.25, 0.3) is 6.08 Å². The SMILES string of the molecule is Cc1ccc(OCCN2C(=O)SC(=Cc3cc(C)c(O)c(C)c3)C2=O)cc1. The summed E-state index contributed by atoms with van der Waals surface area (Å²) in [6, 6.07) is 11.2. The zero-order valence-electron chi connectivity index (χ0n) is 15.5. The lowest BCUT2D eigenvalue weighted by Crippen LogP contribution is -2.32. The number of carbonyl (C=O) groups is 2. The summed E-state index contributed by atoms with van der Waals surface area (Å²) in [5.41, 5.74) is 3.38. The van der Waals surface area contributed by atoms with Crippen LogP contribution in [0.5, 0.6) is 11.5 Å². The molecule has 140 valence electrons.